The molecule has 7 heteroatoms. The molecular formula is C12H22ClN3O2S. The Kier molecular flexibility index (Phi) is 7.51. The molecule has 19 heavy (non-hydrogen) atoms. The molecule has 0 aliphatic heterocycles. The third-order valence-electron chi connectivity index (χ3n) is 2.98. The van der Waals surface area contributed by atoms with Crippen LogP contribution in [0, 0.1) is 5.92 Å². The second-order valence-electron chi connectivity index (χ2n) is 4.71. The summed E-state index contributed by atoms with van der Waals surface area (Å²) in [5, 5.41) is 0. The number of rotatable bonds is 6. The van der Waals surface area contributed by atoms with Crippen molar-refractivity contribution in [3.05, 3.63) is 24.5 Å². The van der Waals surface area contributed by atoms with Crippen molar-refractivity contribution in [2.75, 3.05) is 13.6 Å². The molecule has 0 bridgehead atoms. The maximum atomic E-state index is 12.2. The zero-order valence-corrected chi connectivity index (χ0v) is 13.1. The van der Waals surface area contributed by atoms with Gasteiger partial charge in [-0.25, -0.2) is 12.7 Å². The van der Waals surface area contributed by atoms with E-state index in [9.17, 15) is 8.42 Å². The summed E-state index contributed by atoms with van der Waals surface area (Å²) in [4.78, 5) is 4.04. The smallest absolute Gasteiger partial charge is 0.244 e. The SMILES string of the molecule is CC(C)C(N)CCN(C)S(=O)(=O)c1cccnc1.Cl. The molecule has 0 amide bonds. The fourth-order valence-electron chi connectivity index (χ4n) is 1.46. The highest BCUT2D eigenvalue weighted by molar-refractivity contribution is 7.89. The second kappa shape index (κ2) is 7.79. The van der Waals surface area contributed by atoms with E-state index in [4.69, 9.17) is 5.73 Å². The molecule has 1 unspecified atom stereocenters. The van der Waals surface area contributed by atoms with E-state index in [-0.39, 0.29) is 23.3 Å². The van der Waals surface area contributed by atoms with Gasteiger partial charge in [-0.15, -0.1) is 12.4 Å². The standard InChI is InChI=1S/C12H21N3O2S.ClH/c1-10(2)12(13)6-8-15(3)18(16,17)11-5-4-7-14-9-11;/h4-5,7,9-10,12H,6,8,13H2,1-3H3;1H. The molecule has 0 aromatic carbocycles. The van der Waals surface area contributed by atoms with Gasteiger partial charge in [-0.05, 0) is 24.5 Å². The Hall–Kier alpha value is -0.690. The Morgan fingerprint density at radius 3 is 2.53 bits per heavy atom. The molecular weight excluding hydrogens is 286 g/mol. The monoisotopic (exact) mass is 307 g/mol. The van der Waals surface area contributed by atoms with E-state index in [1.165, 1.54) is 10.5 Å². The van der Waals surface area contributed by atoms with Gasteiger partial charge in [0.05, 0.1) is 0 Å². The maximum Gasteiger partial charge on any atom is 0.244 e. The lowest BCUT2D eigenvalue weighted by atomic mass is 10.0. The van der Waals surface area contributed by atoms with Crippen LogP contribution in [0.2, 0.25) is 0 Å². The van der Waals surface area contributed by atoms with Crippen LogP contribution >= 0.6 is 12.4 Å². The van der Waals surface area contributed by atoms with Crippen molar-refractivity contribution in [1.29, 1.82) is 0 Å². The molecule has 0 spiro atoms. The molecule has 0 aliphatic carbocycles. The first-order valence-electron chi connectivity index (χ1n) is 5.97. The minimum Gasteiger partial charge on any atom is -0.327 e. The van der Waals surface area contributed by atoms with Gasteiger partial charge >= 0.3 is 0 Å². The van der Waals surface area contributed by atoms with Crippen LogP contribution < -0.4 is 5.73 Å². The molecule has 1 rings (SSSR count). The van der Waals surface area contributed by atoms with Gasteiger partial charge < -0.3 is 5.73 Å². The maximum absolute atomic E-state index is 12.2. The van der Waals surface area contributed by atoms with Crippen LogP contribution in [0.1, 0.15) is 20.3 Å². The molecule has 5 nitrogen and oxygen atoms in total. The summed E-state index contributed by atoms with van der Waals surface area (Å²) in [7, 11) is -1.88. The van der Waals surface area contributed by atoms with Crippen molar-refractivity contribution in [2.24, 2.45) is 11.7 Å². The topological polar surface area (TPSA) is 76.3 Å². The molecule has 110 valence electrons. The number of aromatic nitrogens is 1. The summed E-state index contributed by atoms with van der Waals surface area (Å²) in [6.07, 6.45) is 3.55. The third kappa shape index (κ3) is 5.06. The Morgan fingerprint density at radius 2 is 2.05 bits per heavy atom. The van der Waals surface area contributed by atoms with Gasteiger partial charge in [0.2, 0.25) is 10.0 Å². The van der Waals surface area contributed by atoms with Gasteiger partial charge in [-0.2, -0.15) is 0 Å². The van der Waals surface area contributed by atoms with E-state index in [2.05, 4.69) is 4.98 Å². The summed E-state index contributed by atoms with van der Waals surface area (Å²) < 4.78 is 25.6. The van der Waals surface area contributed by atoms with Crippen molar-refractivity contribution in [2.45, 2.75) is 31.2 Å². The van der Waals surface area contributed by atoms with Crippen LogP contribution in [0.5, 0.6) is 0 Å². The number of nitrogens with two attached hydrogens (primary N) is 1. The average Bonchev–Trinajstić information content (AvgIpc) is 2.36. The lowest BCUT2D eigenvalue weighted by Crippen LogP contribution is -2.34. The summed E-state index contributed by atoms with van der Waals surface area (Å²) in [5.41, 5.74) is 5.91. The minimum atomic E-state index is -3.45. The summed E-state index contributed by atoms with van der Waals surface area (Å²) in [6.45, 7) is 4.47. The van der Waals surface area contributed by atoms with E-state index < -0.39 is 10.0 Å². The molecule has 0 saturated heterocycles. The van der Waals surface area contributed by atoms with Crippen molar-refractivity contribution in [3.63, 3.8) is 0 Å². The number of hydrogen-bond donors (Lipinski definition) is 1. The van der Waals surface area contributed by atoms with Crippen molar-refractivity contribution >= 4 is 22.4 Å². The first kappa shape index (κ1) is 18.3. The second-order valence-corrected chi connectivity index (χ2v) is 6.76. The third-order valence-corrected chi connectivity index (χ3v) is 4.82. The number of sulfonamides is 1. The highest BCUT2D eigenvalue weighted by atomic mass is 35.5. The molecule has 0 aliphatic rings. The molecule has 1 aromatic rings. The van der Waals surface area contributed by atoms with Crippen molar-refractivity contribution in [3.8, 4) is 0 Å². The predicted octanol–water partition coefficient (Wildman–Crippen LogP) is 1.50. The summed E-state index contributed by atoms with van der Waals surface area (Å²) in [6, 6.07) is 3.17. The summed E-state index contributed by atoms with van der Waals surface area (Å²) in [5.74, 6) is 0.347. The highest BCUT2D eigenvalue weighted by Crippen LogP contribution is 2.13. The van der Waals surface area contributed by atoms with Crippen LogP contribution in [0.4, 0.5) is 0 Å². The van der Waals surface area contributed by atoms with E-state index in [0.29, 0.717) is 18.9 Å². The first-order chi connectivity index (χ1) is 8.35. The molecule has 2 N–H and O–H groups in total. The van der Waals surface area contributed by atoms with Gasteiger partial charge in [0.25, 0.3) is 0 Å². The van der Waals surface area contributed by atoms with Crippen molar-refractivity contribution < 1.29 is 8.42 Å². The zero-order chi connectivity index (χ0) is 13.8. The fraction of sp³-hybridized carbons (Fsp3) is 0.583. The van der Waals surface area contributed by atoms with E-state index in [1.807, 2.05) is 13.8 Å². The average molecular weight is 308 g/mol. The molecule has 0 fully saturated rings. The number of pyridine rings is 1. The zero-order valence-electron chi connectivity index (χ0n) is 11.5. The number of hydrogen-bond acceptors (Lipinski definition) is 4. The quantitative estimate of drug-likeness (QED) is 0.864. The normalized spacial score (nSPS) is 13.4. The van der Waals surface area contributed by atoms with Gasteiger partial charge in [0, 0.05) is 32.0 Å². The molecule has 0 saturated carbocycles. The van der Waals surface area contributed by atoms with Crippen LogP contribution in [0.15, 0.2) is 29.4 Å². The van der Waals surface area contributed by atoms with Crippen molar-refractivity contribution in [1.82, 2.24) is 9.29 Å². The number of halogens is 1. The van der Waals surface area contributed by atoms with Crippen LogP contribution in [0.3, 0.4) is 0 Å². The van der Waals surface area contributed by atoms with E-state index in [0.717, 1.165) is 0 Å². The van der Waals surface area contributed by atoms with Crippen LogP contribution in [-0.2, 0) is 10.0 Å². The number of nitrogens with zero attached hydrogens (tertiary/aromatic N) is 2. The van der Waals surface area contributed by atoms with Gasteiger partial charge in [-0.1, -0.05) is 13.8 Å². The molecule has 1 aromatic heterocycles. The Labute approximate surface area is 121 Å². The van der Waals surface area contributed by atoms with E-state index in [1.54, 1.807) is 25.4 Å². The lowest BCUT2D eigenvalue weighted by Gasteiger charge is -2.21. The summed E-state index contributed by atoms with van der Waals surface area (Å²) >= 11 is 0. The highest BCUT2D eigenvalue weighted by Gasteiger charge is 2.21. The van der Waals surface area contributed by atoms with Gasteiger partial charge in [0.1, 0.15) is 4.90 Å². The predicted molar refractivity (Wildman–Crippen MR) is 78.7 cm³/mol. The molecule has 0 radical (unpaired) electrons. The largest absolute Gasteiger partial charge is 0.327 e. The Bertz CT molecular complexity index is 465. The van der Waals surface area contributed by atoms with Crippen LogP contribution in [0.25, 0.3) is 0 Å². The Morgan fingerprint density at radius 1 is 1.42 bits per heavy atom. The minimum absolute atomic E-state index is 0. The Balaban J connectivity index is 0.00000324. The lowest BCUT2D eigenvalue weighted by molar-refractivity contribution is 0.397. The molecule has 1 atom stereocenters. The van der Waals surface area contributed by atoms with Gasteiger partial charge in [0.15, 0.2) is 0 Å². The van der Waals surface area contributed by atoms with Crippen LogP contribution in [-0.4, -0.2) is 37.3 Å². The van der Waals surface area contributed by atoms with E-state index >= 15 is 0 Å². The molecule has 1 heterocycles. The first-order valence-corrected chi connectivity index (χ1v) is 7.41. The fourth-order valence-corrected chi connectivity index (χ4v) is 2.61. The van der Waals surface area contributed by atoms with Gasteiger partial charge in [-0.3, -0.25) is 4.98 Å².